The van der Waals surface area contributed by atoms with Crippen molar-refractivity contribution in [2.24, 2.45) is 0 Å². The van der Waals surface area contributed by atoms with Crippen molar-refractivity contribution >= 4 is 0 Å². The predicted octanol–water partition coefficient (Wildman–Crippen LogP) is 1.99. The molecule has 0 spiro atoms. The average molecular weight is 273 g/mol. The van der Waals surface area contributed by atoms with Crippen LogP contribution in [0.3, 0.4) is 0 Å². The summed E-state index contributed by atoms with van der Waals surface area (Å²) in [7, 11) is 2.03. The number of benzene rings is 1. The van der Waals surface area contributed by atoms with Crippen molar-refractivity contribution in [3.8, 4) is 0 Å². The van der Waals surface area contributed by atoms with Crippen LogP contribution < -0.4 is 0 Å². The molecule has 1 N–H and O–H groups in total. The molecule has 2 rings (SSSR count). The van der Waals surface area contributed by atoms with E-state index in [0.29, 0.717) is 13.1 Å². The lowest BCUT2D eigenvalue weighted by molar-refractivity contribution is 0.106. The summed E-state index contributed by atoms with van der Waals surface area (Å²) in [5, 5.41) is 10.2. The van der Waals surface area contributed by atoms with Crippen LogP contribution >= 0.6 is 0 Å². The highest BCUT2D eigenvalue weighted by molar-refractivity contribution is 5.14. The summed E-state index contributed by atoms with van der Waals surface area (Å²) >= 11 is 0. The second kappa shape index (κ2) is 6.68. The molecule has 1 aromatic heterocycles. The molecule has 2 aromatic rings. The van der Waals surface area contributed by atoms with Crippen LogP contribution in [0, 0.1) is 13.8 Å². The molecule has 0 radical (unpaired) electrons. The maximum atomic E-state index is 10.2. The molecular formula is C16H23N3O. The van der Waals surface area contributed by atoms with Gasteiger partial charge in [0, 0.05) is 18.8 Å². The third-order valence-electron chi connectivity index (χ3n) is 3.57. The van der Waals surface area contributed by atoms with Gasteiger partial charge in [0.1, 0.15) is 0 Å². The molecule has 4 nitrogen and oxygen atoms in total. The molecule has 4 heteroatoms. The minimum atomic E-state index is -0.393. The third kappa shape index (κ3) is 3.92. The Hall–Kier alpha value is -1.65. The van der Waals surface area contributed by atoms with E-state index in [9.17, 15) is 5.11 Å². The summed E-state index contributed by atoms with van der Waals surface area (Å²) in [6.45, 7) is 6.10. The highest BCUT2D eigenvalue weighted by Gasteiger charge is 2.11. The van der Waals surface area contributed by atoms with E-state index in [1.807, 2.05) is 43.7 Å². The largest absolute Gasteiger partial charge is 0.390 e. The van der Waals surface area contributed by atoms with Gasteiger partial charge >= 0.3 is 0 Å². The van der Waals surface area contributed by atoms with Gasteiger partial charge in [0.2, 0.25) is 0 Å². The molecule has 20 heavy (non-hydrogen) atoms. The molecule has 1 unspecified atom stereocenters. The molecule has 0 saturated heterocycles. The van der Waals surface area contributed by atoms with Gasteiger partial charge in [0.05, 0.1) is 24.7 Å². The van der Waals surface area contributed by atoms with Crippen molar-refractivity contribution in [2.75, 3.05) is 13.6 Å². The maximum Gasteiger partial charge on any atom is 0.0952 e. The van der Waals surface area contributed by atoms with Crippen LogP contribution in [0.4, 0.5) is 0 Å². The van der Waals surface area contributed by atoms with Gasteiger partial charge in [-0.05, 0) is 26.5 Å². The zero-order valence-electron chi connectivity index (χ0n) is 12.5. The fourth-order valence-corrected chi connectivity index (χ4v) is 2.33. The number of rotatable bonds is 6. The van der Waals surface area contributed by atoms with Crippen molar-refractivity contribution in [3.05, 3.63) is 53.6 Å². The van der Waals surface area contributed by atoms with Crippen molar-refractivity contribution in [1.82, 2.24) is 14.5 Å². The maximum absolute atomic E-state index is 10.2. The van der Waals surface area contributed by atoms with E-state index in [4.69, 9.17) is 0 Å². The highest BCUT2D eigenvalue weighted by atomic mass is 16.3. The van der Waals surface area contributed by atoms with Gasteiger partial charge in [-0.2, -0.15) is 0 Å². The van der Waals surface area contributed by atoms with Crippen LogP contribution in [0.25, 0.3) is 0 Å². The number of aromatic nitrogens is 2. The fraction of sp³-hybridized carbons (Fsp3) is 0.438. The second-order valence-corrected chi connectivity index (χ2v) is 5.40. The third-order valence-corrected chi connectivity index (χ3v) is 3.57. The molecule has 0 aliphatic carbocycles. The number of nitrogens with zero attached hydrogens (tertiary/aromatic N) is 3. The smallest absolute Gasteiger partial charge is 0.0952 e. The summed E-state index contributed by atoms with van der Waals surface area (Å²) in [5.74, 6) is 0. The number of hydrogen-bond acceptors (Lipinski definition) is 3. The number of hydrogen-bond donors (Lipinski definition) is 1. The first kappa shape index (κ1) is 14.8. The predicted molar refractivity (Wildman–Crippen MR) is 80.5 cm³/mol. The quantitative estimate of drug-likeness (QED) is 0.875. The van der Waals surface area contributed by atoms with E-state index in [-0.39, 0.29) is 0 Å². The highest BCUT2D eigenvalue weighted by Crippen LogP contribution is 2.07. The Labute approximate surface area is 120 Å². The molecule has 0 aliphatic heterocycles. The number of imidazole rings is 1. The molecule has 0 fully saturated rings. The first-order chi connectivity index (χ1) is 9.56. The van der Waals surface area contributed by atoms with Crippen molar-refractivity contribution in [2.45, 2.75) is 33.0 Å². The summed E-state index contributed by atoms with van der Waals surface area (Å²) in [5.41, 5.74) is 3.40. The Morgan fingerprint density at radius 1 is 1.25 bits per heavy atom. The van der Waals surface area contributed by atoms with Crippen molar-refractivity contribution in [1.29, 1.82) is 0 Å². The first-order valence-electron chi connectivity index (χ1n) is 6.95. The summed E-state index contributed by atoms with van der Waals surface area (Å²) in [6.07, 6.45) is 1.40. The van der Waals surface area contributed by atoms with Gasteiger partial charge in [-0.25, -0.2) is 4.98 Å². The van der Waals surface area contributed by atoms with Gasteiger partial charge in [-0.1, -0.05) is 30.3 Å². The number of likely N-dealkylation sites (N-methyl/N-ethyl adjacent to an activating group) is 1. The van der Waals surface area contributed by atoms with Crippen LogP contribution in [-0.2, 0) is 13.1 Å². The molecule has 0 bridgehead atoms. The van der Waals surface area contributed by atoms with Crippen LogP contribution in [-0.4, -0.2) is 39.3 Å². The second-order valence-electron chi connectivity index (χ2n) is 5.40. The Kier molecular flexibility index (Phi) is 4.93. The summed E-state index contributed by atoms with van der Waals surface area (Å²) in [6, 6.07) is 10.3. The summed E-state index contributed by atoms with van der Waals surface area (Å²) < 4.78 is 2.01. The zero-order valence-corrected chi connectivity index (χ0v) is 12.5. The lowest BCUT2D eigenvalue weighted by Crippen LogP contribution is -2.31. The van der Waals surface area contributed by atoms with Crippen molar-refractivity contribution < 1.29 is 5.11 Å². The van der Waals surface area contributed by atoms with E-state index in [2.05, 4.69) is 22.0 Å². The zero-order chi connectivity index (χ0) is 14.5. The standard InChI is InChI=1S/C16H23N3O/c1-13-14(2)19(12-17-13)11-16(20)10-18(3)9-15-7-5-4-6-8-15/h4-8,12,16,20H,9-11H2,1-3H3. The molecule has 1 aromatic carbocycles. The Bertz CT molecular complexity index is 536. The van der Waals surface area contributed by atoms with Crippen LogP contribution in [0.15, 0.2) is 36.7 Å². The average Bonchev–Trinajstić information content (AvgIpc) is 2.71. The molecule has 0 saturated carbocycles. The first-order valence-corrected chi connectivity index (χ1v) is 6.95. The van der Waals surface area contributed by atoms with Crippen LogP contribution in [0.5, 0.6) is 0 Å². The molecule has 1 atom stereocenters. The van der Waals surface area contributed by atoms with Crippen molar-refractivity contribution in [3.63, 3.8) is 0 Å². The molecule has 1 heterocycles. The van der Waals surface area contributed by atoms with Crippen LogP contribution in [0.1, 0.15) is 17.0 Å². The van der Waals surface area contributed by atoms with Crippen LogP contribution in [0.2, 0.25) is 0 Å². The van der Waals surface area contributed by atoms with E-state index in [1.54, 1.807) is 6.33 Å². The van der Waals surface area contributed by atoms with E-state index in [1.165, 1.54) is 5.56 Å². The number of aryl methyl sites for hydroxylation is 1. The summed E-state index contributed by atoms with van der Waals surface area (Å²) in [4.78, 5) is 6.39. The van der Waals surface area contributed by atoms with E-state index in [0.717, 1.165) is 17.9 Å². The lowest BCUT2D eigenvalue weighted by Gasteiger charge is -2.21. The van der Waals surface area contributed by atoms with Gasteiger partial charge in [-0.15, -0.1) is 0 Å². The van der Waals surface area contributed by atoms with E-state index >= 15 is 0 Å². The number of aliphatic hydroxyl groups is 1. The molecule has 108 valence electrons. The lowest BCUT2D eigenvalue weighted by atomic mass is 10.2. The molecule has 0 aliphatic rings. The fourth-order valence-electron chi connectivity index (χ4n) is 2.33. The minimum absolute atomic E-state index is 0.393. The Morgan fingerprint density at radius 2 is 1.95 bits per heavy atom. The van der Waals surface area contributed by atoms with Gasteiger partial charge in [-0.3, -0.25) is 4.90 Å². The molecule has 0 amide bonds. The van der Waals surface area contributed by atoms with Gasteiger partial charge < -0.3 is 9.67 Å². The monoisotopic (exact) mass is 273 g/mol. The topological polar surface area (TPSA) is 41.3 Å². The van der Waals surface area contributed by atoms with E-state index < -0.39 is 6.10 Å². The van der Waals surface area contributed by atoms with Gasteiger partial charge in [0.15, 0.2) is 0 Å². The SMILES string of the molecule is Cc1ncn(CC(O)CN(C)Cc2ccccc2)c1C. The van der Waals surface area contributed by atoms with Gasteiger partial charge in [0.25, 0.3) is 0 Å². The normalized spacial score (nSPS) is 12.8. The Morgan fingerprint density at radius 3 is 2.55 bits per heavy atom. The molecular weight excluding hydrogens is 250 g/mol. The Balaban J connectivity index is 1.85. The number of aliphatic hydroxyl groups excluding tert-OH is 1. The minimum Gasteiger partial charge on any atom is -0.390 e.